The van der Waals surface area contributed by atoms with E-state index < -0.39 is 0 Å². The second kappa shape index (κ2) is 7.50. The van der Waals surface area contributed by atoms with Crippen molar-refractivity contribution in [1.82, 2.24) is 4.90 Å². The lowest BCUT2D eigenvalue weighted by molar-refractivity contribution is -0.121. The molecule has 4 aromatic rings. The summed E-state index contributed by atoms with van der Waals surface area (Å²) in [6, 6.07) is 19.9. The predicted molar refractivity (Wildman–Crippen MR) is 119 cm³/mol. The minimum absolute atomic E-state index is 0.0526. The summed E-state index contributed by atoms with van der Waals surface area (Å²) in [6.07, 6.45) is 0.960. The van der Waals surface area contributed by atoms with E-state index in [1.54, 1.807) is 7.11 Å². The van der Waals surface area contributed by atoms with Crippen LogP contribution in [0.4, 0.5) is 5.69 Å². The van der Waals surface area contributed by atoms with Crippen LogP contribution < -0.4 is 10.1 Å². The molecule has 0 spiro atoms. The largest absolute Gasteiger partial charge is 0.495 e. The Morgan fingerprint density at radius 1 is 1.03 bits per heavy atom. The second-order valence-electron chi connectivity index (χ2n) is 7.80. The fraction of sp³-hybridized carbons (Fsp3) is 0.240. The topological polar surface area (TPSA) is 54.7 Å². The number of rotatable bonds is 4. The SMILES string of the molecule is COc1cc2c(cc1NC(=O)[C@@H](C)N1CCc3ccccc3C1)oc1ccccc12. The van der Waals surface area contributed by atoms with E-state index in [0.717, 1.165) is 41.4 Å². The number of carbonyl (C=O) groups is 1. The minimum Gasteiger partial charge on any atom is -0.495 e. The lowest BCUT2D eigenvalue weighted by Gasteiger charge is -2.33. The van der Waals surface area contributed by atoms with Crippen molar-refractivity contribution in [1.29, 1.82) is 0 Å². The Bertz CT molecular complexity index is 1240. The van der Waals surface area contributed by atoms with Gasteiger partial charge < -0.3 is 14.5 Å². The van der Waals surface area contributed by atoms with Crippen LogP contribution in [0, 0.1) is 0 Å². The molecule has 0 unspecified atom stereocenters. The van der Waals surface area contributed by atoms with Gasteiger partial charge >= 0.3 is 0 Å². The van der Waals surface area contributed by atoms with Gasteiger partial charge in [-0.15, -0.1) is 0 Å². The Hall–Kier alpha value is -3.31. The maximum atomic E-state index is 13.1. The lowest BCUT2D eigenvalue weighted by Crippen LogP contribution is -2.44. The molecule has 0 fully saturated rings. The standard InChI is InChI=1S/C25H24N2O3/c1-16(27-12-11-17-7-3-4-8-18(17)15-27)25(28)26-21-14-23-20(13-24(21)29-2)19-9-5-6-10-22(19)30-23/h3-10,13-14,16H,11-12,15H2,1-2H3,(H,26,28)/t16-/m1/s1. The number of nitrogens with one attached hydrogen (secondary N) is 1. The fourth-order valence-corrected chi connectivity index (χ4v) is 4.27. The molecule has 2 heterocycles. The van der Waals surface area contributed by atoms with Crippen molar-refractivity contribution in [2.75, 3.05) is 19.0 Å². The van der Waals surface area contributed by atoms with Crippen molar-refractivity contribution in [2.45, 2.75) is 25.9 Å². The van der Waals surface area contributed by atoms with Crippen LogP contribution in [0.5, 0.6) is 5.75 Å². The summed E-state index contributed by atoms with van der Waals surface area (Å²) in [7, 11) is 1.62. The van der Waals surface area contributed by atoms with Gasteiger partial charge in [0, 0.05) is 29.9 Å². The molecular formula is C25H24N2O3. The third-order valence-corrected chi connectivity index (χ3v) is 6.04. The van der Waals surface area contributed by atoms with Gasteiger partial charge in [0.1, 0.15) is 16.9 Å². The molecule has 0 radical (unpaired) electrons. The van der Waals surface area contributed by atoms with Gasteiger partial charge in [0.25, 0.3) is 0 Å². The highest BCUT2D eigenvalue weighted by atomic mass is 16.5. The first-order valence-electron chi connectivity index (χ1n) is 10.2. The average molecular weight is 400 g/mol. The van der Waals surface area contributed by atoms with E-state index in [2.05, 4.69) is 34.5 Å². The van der Waals surface area contributed by atoms with E-state index in [9.17, 15) is 4.79 Å². The molecule has 152 valence electrons. The van der Waals surface area contributed by atoms with E-state index in [1.165, 1.54) is 11.1 Å². The normalized spacial score (nSPS) is 15.1. The highest BCUT2D eigenvalue weighted by Gasteiger charge is 2.26. The predicted octanol–water partition coefficient (Wildman–Crippen LogP) is 4.98. The Labute approximate surface area is 175 Å². The van der Waals surface area contributed by atoms with Gasteiger partial charge in [-0.25, -0.2) is 0 Å². The zero-order valence-corrected chi connectivity index (χ0v) is 17.1. The second-order valence-corrected chi connectivity index (χ2v) is 7.80. The molecule has 1 aliphatic heterocycles. The summed E-state index contributed by atoms with van der Waals surface area (Å²) < 4.78 is 11.5. The summed E-state index contributed by atoms with van der Waals surface area (Å²) >= 11 is 0. The van der Waals surface area contributed by atoms with Gasteiger partial charge in [-0.05, 0) is 36.6 Å². The molecule has 0 saturated heterocycles. The first kappa shape index (κ1) is 18.7. The van der Waals surface area contributed by atoms with E-state index in [4.69, 9.17) is 9.15 Å². The number of hydrogen-bond donors (Lipinski definition) is 1. The number of hydrogen-bond acceptors (Lipinski definition) is 4. The van der Waals surface area contributed by atoms with Gasteiger partial charge in [0.05, 0.1) is 18.8 Å². The van der Waals surface area contributed by atoms with Crippen LogP contribution in [0.3, 0.4) is 0 Å². The number of benzene rings is 3. The first-order valence-corrected chi connectivity index (χ1v) is 10.2. The number of carbonyl (C=O) groups excluding carboxylic acids is 1. The van der Waals surface area contributed by atoms with E-state index in [0.29, 0.717) is 11.4 Å². The smallest absolute Gasteiger partial charge is 0.241 e. The van der Waals surface area contributed by atoms with Crippen LogP contribution in [0.25, 0.3) is 21.9 Å². The molecule has 3 aromatic carbocycles. The van der Waals surface area contributed by atoms with Crippen molar-refractivity contribution in [3.8, 4) is 5.75 Å². The number of furan rings is 1. The first-order chi connectivity index (χ1) is 14.6. The zero-order chi connectivity index (χ0) is 20.7. The Morgan fingerprint density at radius 3 is 2.63 bits per heavy atom. The van der Waals surface area contributed by atoms with E-state index in [1.807, 2.05) is 43.3 Å². The molecule has 0 bridgehead atoms. The summed E-state index contributed by atoms with van der Waals surface area (Å²) in [5, 5.41) is 5.06. The Balaban J connectivity index is 1.40. The molecule has 5 heteroatoms. The molecule has 5 rings (SSSR count). The molecular weight excluding hydrogens is 376 g/mol. The number of para-hydroxylation sites is 1. The molecule has 5 nitrogen and oxygen atoms in total. The van der Waals surface area contributed by atoms with Crippen LogP contribution >= 0.6 is 0 Å². The number of nitrogens with zero attached hydrogens (tertiary/aromatic N) is 1. The summed E-state index contributed by atoms with van der Waals surface area (Å²) in [6.45, 7) is 3.60. The third kappa shape index (κ3) is 3.21. The quantitative estimate of drug-likeness (QED) is 0.525. The van der Waals surface area contributed by atoms with Crippen molar-refractivity contribution >= 4 is 33.5 Å². The maximum Gasteiger partial charge on any atom is 0.241 e. The number of fused-ring (bicyclic) bond motifs is 4. The van der Waals surface area contributed by atoms with Gasteiger partial charge in [0.15, 0.2) is 0 Å². The van der Waals surface area contributed by atoms with Gasteiger partial charge in [0.2, 0.25) is 5.91 Å². The number of methoxy groups -OCH3 is 1. The molecule has 1 amide bonds. The average Bonchev–Trinajstić information content (AvgIpc) is 3.15. The van der Waals surface area contributed by atoms with Crippen molar-refractivity contribution in [3.63, 3.8) is 0 Å². The van der Waals surface area contributed by atoms with Crippen molar-refractivity contribution < 1.29 is 13.9 Å². The molecule has 0 aliphatic carbocycles. The zero-order valence-electron chi connectivity index (χ0n) is 17.1. The summed E-state index contributed by atoms with van der Waals surface area (Å²) in [5.74, 6) is 0.571. The van der Waals surface area contributed by atoms with Crippen molar-refractivity contribution in [2.24, 2.45) is 0 Å². The molecule has 1 N–H and O–H groups in total. The maximum absolute atomic E-state index is 13.1. The highest BCUT2D eigenvalue weighted by Crippen LogP contribution is 2.36. The van der Waals surface area contributed by atoms with Crippen LogP contribution in [0.15, 0.2) is 65.1 Å². The number of amides is 1. The number of ether oxygens (including phenoxy) is 1. The van der Waals surface area contributed by atoms with Crippen molar-refractivity contribution in [3.05, 3.63) is 71.8 Å². The van der Waals surface area contributed by atoms with Crippen LogP contribution in [0.1, 0.15) is 18.1 Å². The lowest BCUT2D eigenvalue weighted by atomic mass is 9.99. The molecule has 0 saturated carbocycles. The van der Waals surface area contributed by atoms with E-state index in [-0.39, 0.29) is 11.9 Å². The Kier molecular flexibility index (Phi) is 4.68. The van der Waals surface area contributed by atoms with Gasteiger partial charge in [-0.2, -0.15) is 0 Å². The third-order valence-electron chi connectivity index (χ3n) is 6.04. The molecule has 1 aromatic heterocycles. The summed E-state index contributed by atoms with van der Waals surface area (Å²) in [4.78, 5) is 15.3. The summed E-state index contributed by atoms with van der Waals surface area (Å²) in [5.41, 5.74) is 4.84. The monoisotopic (exact) mass is 400 g/mol. The molecule has 1 aliphatic rings. The van der Waals surface area contributed by atoms with Crippen LogP contribution in [0.2, 0.25) is 0 Å². The Morgan fingerprint density at radius 2 is 1.80 bits per heavy atom. The van der Waals surface area contributed by atoms with Gasteiger partial charge in [-0.3, -0.25) is 9.69 Å². The highest BCUT2D eigenvalue weighted by molar-refractivity contribution is 6.08. The van der Waals surface area contributed by atoms with Crippen LogP contribution in [-0.4, -0.2) is 30.5 Å². The van der Waals surface area contributed by atoms with Crippen LogP contribution in [-0.2, 0) is 17.8 Å². The molecule has 30 heavy (non-hydrogen) atoms. The molecule has 1 atom stereocenters. The fourth-order valence-electron chi connectivity index (χ4n) is 4.27. The van der Waals surface area contributed by atoms with E-state index >= 15 is 0 Å². The van der Waals surface area contributed by atoms with Gasteiger partial charge in [-0.1, -0.05) is 42.5 Å². The minimum atomic E-state index is -0.255. The number of anilines is 1.